The third-order valence-electron chi connectivity index (χ3n) is 2.52. The molecule has 0 aliphatic rings. The minimum absolute atomic E-state index is 0.0121. The molecule has 2 aromatic heterocycles. The van der Waals surface area contributed by atoms with E-state index in [1.165, 1.54) is 11.3 Å². The van der Waals surface area contributed by atoms with Crippen LogP contribution in [0, 0.1) is 0 Å². The number of hydrogen-bond donors (Lipinski definition) is 2. The number of carbonyl (C=O) groups is 1. The van der Waals surface area contributed by atoms with Crippen molar-refractivity contribution in [2.24, 2.45) is 0 Å². The molecule has 2 amide bonds. The van der Waals surface area contributed by atoms with Crippen LogP contribution >= 0.6 is 22.9 Å². The summed E-state index contributed by atoms with van der Waals surface area (Å²) in [5.74, 6) is 0.859. The van der Waals surface area contributed by atoms with Crippen molar-refractivity contribution in [1.29, 1.82) is 0 Å². The van der Waals surface area contributed by atoms with E-state index in [0.29, 0.717) is 13.0 Å². The molecule has 2 aromatic rings. The summed E-state index contributed by atoms with van der Waals surface area (Å²) in [4.78, 5) is 12.7. The minimum atomic E-state index is -0.191. The lowest BCUT2D eigenvalue weighted by Crippen LogP contribution is -2.41. The molecule has 0 aliphatic carbocycles. The Labute approximate surface area is 120 Å². The average molecular weight is 299 g/mol. The first-order valence-electron chi connectivity index (χ1n) is 5.94. The van der Waals surface area contributed by atoms with E-state index >= 15 is 0 Å². The number of rotatable bonds is 5. The molecule has 0 bridgehead atoms. The van der Waals surface area contributed by atoms with E-state index in [1.54, 1.807) is 6.26 Å². The van der Waals surface area contributed by atoms with Gasteiger partial charge in [0.1, 0.15) is 5.76 Å². The van der Waals surface area contributed by atoms with Gasteiger partial charge in [-0.25, -0.2) is 4.79 Å². The summed E-state index contributed by atoms with van der Waals surface area (Å²) in [5.41, 5.74) is 0. The van der Waals surface area contributed by atoms with Crippen molar-refractivity contribution in [2.75, 3.05) is 0 Å². The Balaban J connectivity index is 1.71. The molecule has 2 N–H and O–H groups in total. The van der Waals surface area contributed by atoms with E-state index in [2.05, 4.69) is 10.6 Å². The Bertz CT molecular complexity index is 524. The zero-order valence-electron chi connectivity index (χ0n) is 10.5. The van der Waals surface area contributed by atoms with Crippen molar-refractivity contribution >= 4 is 29.0 Å². The third-order valence-corrected chi connectivity index (χ3v) is 3.75. The summed E-state index contributed by atoms with van der Waals surface area (Å²) in [7, 11) is 0. The lowest BCUT2D eigenvalue weighted by molar-refractivity contribution is 0.237. The molecule has 19 heavy (non-hydrogen) atoms. The smallest absolute Gasteiger partial charge is 0.315 e. The van der Waals surface area contributed by atoms with Crippen LogP contribution in [0.4, 0.5) is 4.79 Å². The van der Waals surface area contributed by atoms with Crippen molar-refractivity contribution in [3.05, 3.63) is 45.5 Å². The van der Waals surface area contributed by atoms with E-state index < -0.39 is 0 Å². The van der Waals surface area contributed by atoms with Gasteiger partial charge in [-0.15, -0.1) is 11.3 Å². The Hall–Kier alpha value is -1.46. The summed E-state index contributed by atoms with van der Waals surface area (Å²) in [6.45, 7) is 2.42. The van der Waals surface area contributed by atoms with Gasteiger partial charge in [0.05, 0.1) is 17.1 Å². The van der Waals surface area contributed by atoms with Crippen molar-refractivity contribution < 1.29 is 9.21 Å². The highest BCUT2D eigenvalue weighted by molar-refractivity contribution is 7.16. The maximum absolute atomic E-state index is 11.7. The second-order valence-corrected chi connectivity index (χ2v) is 6.02. The van der Waals surface area contributed by atoms with E-state index in [9.17, 15) is 4.79 Å². The topological polar surface area (TPSA) is 54.3 Å². The number of amides is 2. The van der Waals surface area contributed by atoms with Crippen LogP contribution in [-0.2, 0) is 13.0 Å². The number of thiophene rings is 1. The summed E-state index contributed by atoms with van der Waals surface area (Å²) >= 11 is 7.28. The van der Waals surface area contributed by atoms with Gasteiger partial charge in [0.15, 0.2) is 0 Å². The van der Waals surface area contributed by atoms with E-state index in [0.717, 1.165) is 15.0 Å². The number of furan rings is 1. The van der Waals surface area contributed by atoms with Crippen LogP contribution in [0.2, 0.25) is 4.34 Å². The maximum atomic E-state index is 11.7. The molecule has 102 valence electrons. The van der Waals surface area contributed by atoms with Gasteiger partial charge in [0.2, 0.25) is 0 Å². The largest absolute Gasteiger partial charge is 0.469 e. The van der Waals surface area contributed by atoms with Gasteiger partial charge in [0.25, 0.3) is 0 Å². The predicted molar refractivity (Wildman–Crippen MR) is 76.6 cm³/mol. The number of halogens is 1. The Morgan fingerprint density at radius 1 is 1.47 bits per heavy atom. The Morgan fingerprint density at radius 2 is 2.32 bits per heavy atom. The van der Waals surface area contributed by atoms with Crippen molar-refractivity contribution in [3.8, 4) is 0 Å². The first-order valence-corrected chi connectivity index (χ1v) is 7.14. The van der Waals surface area contributed by atoms with E-state index in [4.69, 9.17) is 16.0 Å². The van der Waals surface area contributed by atoms with E-state index in [1.807, 2.05) is 31.2 Å². The van der Waals surface area contributed by atoms with Crippen LogP contribution in [0.25, 0.3) is 0 Å². The minimum Gasteiger partial charge on any atom is -0.469 e. The van der Waals surface area contributed by atoms with Crippen molar-refractivity contribution in [3.63, 3.8) is 0 Å². The average Bonchev–Trinajstić information content (AvgIpc) is 2.98. The molecule has 0 aromatic carbocycles. The molecule has 2 heterocycles. The molecule has 0 unspecified atom stereocenters. The normalized spacial score (nSPS) is 12.1. The summed E-state index contributed by atoms with van der Waals surface area (Å²) in [6.07, 6.45) is 2.30. The third kappa shape index (κ3) is 4.61. The SMILES string of the molecule is C[C@H](Cc1ccco1)NC(=O)NCc1ccc(Cl)s1. The lowest BCUT2D eigenvalue weighted by atomic mass is 10.2. The van der Waals surface area contributed by atoms with Crippen molar-refractivity contribution in [1.82, 2.24) is 10.6 Å². The highest BCUT2D eigenvalue weighted by Crippen LogP contribution is 2.20. The number of nitrogens with one attached hydrogen (secondary N) is 2. The second-order valence-electron chi connectivity index (χ2n) is 4.22. The number of hydrogen-bond acceptors (Lipinski definition) is 3. The van der Waals surface area contributed by atoms with Crippen LogP contribution in [-0.4, -0.2) is 12.1 Å². The van der Waals surface area contributed by atoms with Crippen LogP contribution < -0.4 is 10.6 Å². The fourth-order valence-electron chi connectivity index (χ4n) is 1.67. The number of urea groups is 1. The first kappa shape index (κ1) is 14.0. The quantitative estimate of drug-likeness (QED) is 0.888. The van der Waals surface area contributed by atoms with Crippen LogP contribution in [0.5, 0.6) is 0 Å². The predicted octanol–water partition coefficient (Wildman–Crippen LogP) is 3.42. The molecule has 2 rings (SSSR count). The standard InChI is InChI=1S/C13H15ClN2O2S/c1-9(7-10-3-2-6-18-10)16-13(17)15-8-11-4-5-12(14)19-11/h2-6,9H,7-8H2,1H3,(H2,15,16,17)/t9-/m1/s1. The zero-order chi connectivity index (χ0) is 13.7. The zero-order valence-corrected chi connectivity index (χ0v) is 12.1. The van der Waals surface area contributed by atoms with Crippen LogP contribution in [0.15, 0.2) is 34.9 Å². The highest BCUT2D eigenvalue weighted by atomic mass is 35.5. The van der Waals surface area contributed by atoms with Gasteiger partial charge in [-0.1, -0.05) is 11.6 Å². The van der Waals surface area contributed by atoms with Gasteiger partial charge in [0, 0.05) is 17.3 Å². The molecule has 4 nitrogen and oxygen atoms in total. The fourth-order valence-corrected chi connectivity index (χ4v) is 2.70. The van der Waals surface area contributed by atoms with Gasteiger partial charge in [-0.05, 0) is 31.2 Å². The van der Waals surface area contributed by atoms with Crippen LogP contribution in [0.3, 0.4) is 0 Å². The van der Waals surface area contributed by atoms with Crippen LogP contribution in [0.1, 0.15) is 17.6 Å². The summed E-state index contributed by atoms with van der Waals surface area (Å²) in [5, 5.41) is 5.65. The maximum Gasteiger partial charge on any atom is 0.315 e. The fraction of sp³-hybridized carbons (Fsp3) is 0.308. The van der Waals surface area contributed by atoms with Gasteiger partial charge >= 0.3 is 6.03 Å². The summed E-state index contributed by atoms with van der Waals surface area (Å²) in [6, 6.07) is 7.27. The molecule has 0 spiro atoms. The molecule has 0 saturated carbocycles. The molecule has 1 atom stereocenters. The Morgan fingerprint density at radius 3 is 2.95 bits per heavy atom. The second kappa shape index (κ2) is 6.63. The molecule has 0 radical (unpaired) electrons. The summed E-state index contributed by atoms with van der Waals surface area (Å²) < 4.78 is 5.96. The Kier molecular flexibility index (Phi) is 4.87. The first-order chi connectivity index (χ1) is 9.13. The van der Waals surface area contributed by atoms with Gasteiger partial charge in [-0.2, -0.15) is 0 Å². The van der Waals surface area contributed by atoms with Gasteiger partial charge in [-0.3, -0.25) is 0 Å². The molecule has 0 fully saturated rings. The number of carbonyl (C=O) groups excluding carboxylic acids is 1. The van der Waals surface area contributed by atoms with Gasteiger partial charge < -0.3 is 15.1 Å². The molecule has 0 aliphatic heterocycles. The molecule has 0 saturated heterocycles. The molecule has 6 heteroatoms. The monoisotopic (exact) mass is 298 g/mol. The van der Waals surface area contributed by atoms with Crippen molar-refractivity contribution in [2.45, 2.75) is 25.9 Å². The molecular formula is C13H15ClN2O2S. The highest BCUT2D eigenvalue weighted by Gasteiger charge is 2.09. The van der Waals surface area contributed by atoms with E-state index in [-0.39, 0.29) is 12.1 Å². The molecular weight excluding hydrogens is 284 g/mol. The lowest BCUT2D eigenvalue weighted by Gasteiger charge is -2.13.